The normalized spacial score (nSPS) is 38.2. The number of amidine groups is 1. The number of hydrogen-bond donors (Lipinski definition) is 2. The maximum absolute atomic E-state index is 14.6. The molecule has 58 heavy (non-hydrogen) atoms. The predicted octanol–water partition coefficient (Wildman–Crippen LogP) is 3.54. The Morgan fingerprint density at radius 2 is 1.78 bits per heavy atom. The van der Waals surface area contributed by atoms with Crippen LogP contribution >= 0.6 is 33.9 Å². The molecule has 0 aromatic carbocycles. The molecule has 1 unspecified atom stereocenters. The van der Waals surface area contributed by atoms with E-state index in [1.54, 1.807) is 52.9 Å². The minimum atomic E-state index is -1.59. The number of nitrogens with zero attached hydrogens (tertiary/aromatic N) is 5. The zero-order chi connectivity index (χ0) is 42.9. The number of aliphatic hydroxyl groups is 1. The van der Waals surface area contributed by atoms with Crippen molar-refractivity contribution >= 4 is 63.3 Å². The van der Waals surface area contributed by atoms with Gasteiger partial charge in [-0.05, 0) is 89.4 Å². The van der Waals surface area contributed by atoms with E-state index in [0.29, 0.717) is 22.1 Å². The van der Waals surface area contributed by atoms with Gasteiger partial charge in [0.2, 0.25) is 0 Å². The smallest absolute Gasteiger partial charge is 0.317 e. The number of carbonyl (C=O) groups is 4. The van der Waals surface area contributed by atoms with Crippen molar-refractivity contribution in [3.63, 3.8) is 0 Å². The van der Waals surface area contributed by atoms with Gasteiger partial charge in [-0.2, -0.15) is 0 Å². The van der Waals surface area contributed by atoms with E-state index in [9.17, 15) is 24.3 Å². The van der Waals surface area contributed by atoms with E-state index in [4.69, 9.17) is 34.3 Å². The maximum Gasteiger partial charge on any atom is 0.317 e. The van der Waals surface area contributed by atoms with Crippen LogP contribution in [0.25, 0.3) is 10.7 Å². The third-order valence-electron chi connectivity index (χ3n) is 11.8. The number of nitrogens with two attached hydrogens (primary N) is 1. The van der Waals surface area contributed by atoms with Crippen molar-refractivity contribution in [2.45, 2.75) is 114 Å². The molecule has 5 rings (SSSR count). The van der Waals surface area contributed by atoms with Gasteiger partial charge in [0.05, 0.1) is 17.8 Å². The van der Waals surface area contributed by atoms with Crippen LogP contribution in [0.2, 0.25) is 0 Å². The summed E-state index contributed by atoms with van der Waals surface area (Å²) in [5, 5.41) is 24.8. The van der Waals surface area contributed by atoms with E-state index in [0.717, 1.165) is 0 Å². The molecule has 14 atom stereocenters. The zero-order valence-corrected chi connectivity index (χ0v) is 37.5. The van der Waals surface area contributed by atoms with E-state index in [1.807, 2.05) is 54.6 Å². The summed E-state index contributed by atoms with van der Waals surface area (Å²) >= 11 is 3.09. The van der Waals surface area contributed by atoms with Crippen LogP contribution in [0.5, 0.6) is 0 Å². The van der Waals surface area contributed by atoms with Gasteiger partial charge < -0.3 is 44.3 Å². The van der Waals surface area contributed by atoms with Crippen molar-refractivity contribution < 1.29 is 52.8 Å². The van der Waals surface area contributed by atoms with Crippen molar-refractivity contribution in [1.82, 2.24) is 20.1 Å². The number of methoxy groups -OCH3 is 1. The topological polar surface area (TPSA) is 224 Å². The standard InChI is InChI=1S/C39H55IN6O11S/c1-18-16-38(6,52-10)31(55-36-30(49)24(46(8)9)15-19(2)54-36)21(4)29(48)22(5)34(50)56-37(40)39(7)27(20(3)28(18)47)26(35(51)57-39)32(41)45-53-17-25-43-44-33(58-25)23-13-11-12-14-42-23/h11-14,18-22,24,26-27,30-31,36-37,49H,15-17H2,1-10H3,(H2,41,45)/t18-,19-,20-,21+,22-,24+,26-,27+,30-,31-,36?,37-,38-,39-/m1/s1. The molecule has 0 spiro atoms. The quantitative estimate of drug-likeness (QED) is 0.0698. The second-order valence-corrected chi connectivity index (χ2v) is 18.4. The van der Waals surface area contributed by atoms with E-state index >= 15 is 0 Å². The van der Waals surface area contributed by atoms with Gasteiger partial charge in [-0.1, -0.05) is 43.3 Å². The lowest BCUT2D eigenvalue weighted by Crippen LogP contribution is -2.59. The zero-order valence-electron chi connectivity index (χ0n) is 34.5. The molecule has 320 valence electrons. The van der Waals surface area contributed by atoms with Gasteiger partial charge in [0.1, 0.15) is 29.4 Å². The average molecular weight is 943 g/mol. The van der Waals surface area contributed by atoms with E-state index in [1.165, 1.54) is 25.4 Å². The van der Waals surface area contributed by atoms with Crippen LogP contribution in [0, 0.1) is 35.5 Å². The number of alkyl halides is 1. The molecule has 3 aliphatic rings. The summed E-state index contributed by atoms with van der Waals surface area (Å²) in [5.74, 6) is -8.94. The number of aliphatic hydroxyl groups excluding tert-OH is 1. The number of cyclic esters (lactones) is 1. The first-order valence-corrected chi connectivity index (χ1v) is 21.3. The number of oxime groups is 1. The third-order valence-corrected chi connectivity index (χ3v) is 14.2. The maximum atomic E-state index is 14.6. The van der Waals surface area contributed by atoms with Crippen molar-refractivity contribution in [1.29, 1.82) is 0 Å². The van der Waals surface area contributed by atoms with Crippen molar-refractivity contribution in [3.8, 4) is 10.7 Å². The van der Waals surface area contributed by atoms with Gasteiger partial charge in [-0.15, -0.1) is 10.2 Å². The van der Waals surface area contributed by atoms with Gasteiger partial charge in [0.15, 0.2) is 44.2 Å². The monoisotopic (exact) mass is 942 g/mol. The summed E-state index contributed by atoms with van der Waals surface area (Å²) in [6, 6.07) is 5.12. The molecule has 17 nitrogen and oxygen atoms in total. The highest BCUT2D eigenvalue weighted by Crippen LogP contribution is 2.49. The number of pyridine rings is 1. The largest absolute Gasteiger partial charge is 0.454 e. The molecule has 5 heterocycles. The number of ether oxygens (including phenoxy) is 5. The average Bonchev–Trinajstić information content (AvgIpc) is 3.77. The minimum Gasteiger partial charge on any atom is -0.454 e. The summed E-state index contributed by atoms with van der Waals surface area (Å²) in [4.78, 5) is 68.2. The lowest BCUT2D eigenvalue weighted by atomic mass is 9.69. The molecule has 0 saturated carbocycles. The van der Waals surface area contributed by atoms with Gasteiger partial charge >= 0.3 is 11.9 Å². The Bertz CT molecular complexity index is 1840. The van der Waals surface area contributed by atoms with Crippen LogP contribution < -0.4 is 5.73 Å². The highest BCUT2D eigenvalue weighted by Gasteiger charge is 2.63. The SMILES string of the molecule is CO[C@]1(C)C[C@@H](C)C(=O)[C@H](C)[C@H]2[C@H](/C(N)=N/OCc3nnc(-c4ccccn4)s3)C(=O)O[C@@]2(C)[C@H](I)OC(=O)[C@H](C)C(=O)[C@H](C)[C@H]1OC1O[C@H](C)C[C@H](N(C)C)[C@H]1O. The minimum absolute atomic E-state index is 0.0505. The highest BCUT2D eigenvalue weighted by molar-refractivity contribution is 14.1. The van der Waals surface area contributed by atoms with E-state index in [-0.39, 0.29) is 36.8 Å². The van der Waals surface area contributed by atoms with Crippen molar-refractivity contribution in [3.05, 3.63) is 29.4 Å². The first-order chi connectivity index (χ1) is 27.2. The Balaban J connectivity index is 1.47. The van der Waals surface area contributed by atoms with Crippen LogP contribution in [0.1, 0.15) is 66.3 Å². The highest BCUT2D eigenvalue weighted by atomic mass is 127. The molecule has 0 bridgehead atoms. The summed E-state index contributed by atoms with van der Waals surface area (Å²) < 4.78 is 29.5. The lowest BCUT2D eigenvalue weighted by molar-refractivity contribution is -0.295. The van der Waals surface area contributed by atoms with Crippen LogP contribution in [-0.4, -0.2) is 122 Å². The molecule has 0 aliphatic carbocycles. The molecule has 3 fully saturated rings. The van der Waals surface area contributed by atoms with Crippen LogP contribution in [0.4, 0.5) is 0 Å². The summed E-state index contributed by atoms with van der Waals surface area (Å²) in [6.45, 7) is 11.5. The Hall–Kier alpha value is -3.21. The molecule has 3 saturated heterocycles. The fraction of sp³-hybridized carbons (Fsp3) is 0.692. The number of esters is 2. The number of hydrogen-bond acceptors (Lipinski definition) is 17. The predicted molar refractivity (Wildman–Crippen MR) is 219 cm³/mol. The lowest BCUT2D eigenvalue weighted by Gasteiger charge is -2.47. The molecule has 0 amide bonds. The molecule has 19 heteroatoms. The fourth-order valence-electron chi connectivity index (χ4n) is 8.46. The van der Waals surface area contributed by atoms with Gasteiger partial charge in [-0.25, -0.2) is 0 Å². The number of halogens is 1. The van der Waals surface area contributed by atoms with Crippen LogP contribution in [0.3, 0.4) is 0 Å². The number of carbonyl (C=O) groups excluding carboxylic acids is 4. The number of Topliss-reactive ketones (excluding diaryl/α,β-unsaturated/α-hetero) is 2. The third kappa shape index (κ3) is 9.39. The van der Waals surface area contributed by atoms with Gasteiger partial charge in [0, 0.05) is 43.0 Å². The molecule has 2 aromatic heterocycles. The molecule has 0 radical (unpaired) electrons. The first kappa shape index (κ1) is 45.9. The molecular weight excluding hydrogens is 887 g/mol. The Labute approximate surface area is 356 Å². The number of fused-ring (bicyclic) bond motifs is 1. The van der Waals surface area contributed by atoms with Gasteiger partial charge in [-0.3, -0.25) is 24.2 Å². The summed E-state index contributed by atoms with van der Waals surface area (Å²) in [6.07, 6.45) is -1.38. The van der Waals surface area contributed by atoms with Crippen LogP contribution in [-0.2, 0) is 54.3 Å². The van der Waals surface area contributed by atoms with Gasteiger partial charge in [0.25, 0.3) is 0 Å². The van der Waals surface area contributed by atoms with Crippen molar-refractivity contribution in [2.24, 2.45) is 46.4 Å². The number of ketones is 2. The molecule has 3 aliphatic heterocycles. The molecular formula is C39H55IN6O11S. The number of likely N-dealkylation sites (N-methyl/N-ethyl adjacent to an activating group) is 1. The Kier molecular flexibility index (Phi) is 14.7. The first-order valence-electron chi connectivity index (χ1n) is 19.3. The van der Waals surface area contributed by atoms with E-state index in [2.05, 4.69) is 20.3 Å². The molecule has 2 aromatic rings. The van der Waals surface area contributed by atoms with E-state index < -0.39 is 87.0 Å². The molecule has 3 N–H and O–H groups in total. The van der Waals surface area contributed by atoms with Crippen LogP contribution in [0.15, 0.2) is 29.6 Å². The number of aromatic nitrogens is 3. The number of rotatable bonds is 9. The second kappa shape index (κ2) is 18.6. The second-order valence-electron chi connectivity index (χ2n) is 16.2. The fourth-order valence-corrected chi connectivity index (χ4v) is 9.97. The Morgan fingerprint density at radius 3 is 2.41 bits per heavy atom. The van der Waals surface area contributed by atoms with Crippen molar-refractivity contribution in [2.75, 3.05) is 21.2 Å². The summed E-state index contributed by atoms with van der Waals surface area (Å²) in [7, 11) is 5.15. The Morgan fingerprint density at radius 1 is 1.07 bits per heavy atom. The summed E-state index contributed by atoms with van der Waals surface area (Å²) in [5.41, 5.74) is 4.21.